The van der Waals surface area contributed by atoms with Crippen molar-refractivity contribution in [1.82, 2.24) is 14.7 Å². The number of aromatic amines is 1. The summed E-state index contributed by atoms with van der Waals surface area (Å²) in [5, 5.41) is 0.429. The molecule has 1 aromatic heterocycles. The molecule has 0 saturated heterocycles. The predicted molar refractivity (Wildman–Crippen MR) is 62.0 cm³/mol. The van der Waals surface area contributed by atoms with Crippen molar-refractivity contribution in [2.24, 2.45) is 0 Å². The number of imidazole rings is 1. The Kier molecular flexibility index (Phi) is 2.88. The van der Waals surface area contributed by atoms with Gasteiger partial charge in [-0.3, -0.25) is 0 Å². The third-order valence-electron chi connectivity index (χ3n) is 2.01. The maximum absolute atomic E-state index is 11.6. The van der Waals surface area contributed by atoms with Crippen molar-refractivity contribution in [1.29, 1.82) is 0 Å². The number of sulfonamides is 1. The lowest BCUT2D eigenvalue weighted by molar-refractivity contribution is 0.577. The number of benzene rings is 1. The summed E-state index contributed by atoms with van der Waals surface area (Å²) in [7, 11) is -3.54. The van der Waals surface area contributed by atoms with E-state index in [9.17, 15) is 8.42 Å². The number of hydrogen-bond donors (Lipinski definition) is 2. The molecule has 0 aliphatic rings. The molecule has 0 spiro atoms. The number of nitrogens with zero attached hydrogens (tertiary/aromatic N) is 1. The van der Waals surface area contributed by atoms with E-state index in [0.717, 1.165) is 0 Å². The molecule has 0 fully saturated rings. The molecule has 7 heteroatoms. The number of fused-ring (bicyclic) bond motifs is 1. The molecule has 5 nitrogen and oxygen atoms in total. The first-order chi connectivity index (χ1) is 7.53. The molecule has 2 rings (SSSR count). The van der Waals surface area contributed by atoms with Crippen LogP contribution in [0.25, 0.3) is 11.0 Å². The maximum Gasteiger partial charge on any atom is 0.274 e. The van der Waals surface area contributed by atoms with Gasteiger partial charge in [-0.2, -0.15) is 0 Å². The minimum absolute atomic E-state index is 0.0911. The summed E-state index contributed by atoms with van der Waals surface area (Å²) in [6, 6.07) is 4.97. The van der Waals surface area contributed by atoms with Crippen LogP contribution in [-0.2, 0) is 10.0 Å². The molecule has 86 valence electrons. The lowest BCUT2D eigenvalue weighted by Crippen LogP contribution is -2.24. The SMILES string of the molecule is CCNS(=O)(=O)c1nc2cc(Cl)ccc2[nH]1. The van der Waals surface area contributed by atoms with Crippen molar-refractivity contribution < 1.29 is 8.42 Å². The summed E-state index contributed by atoms with van der Waals surface area (Å²) in [5.41, 5.74) is 1.17. The highest BCUT2D eigenvalue weighted by Gasteiger charge is 2.17. The average Bonchev–Trinajstić information content (AvgIpc) is 2.61. The molecule has 0 atom stereocenters. The standard InChI is InChI=1S/C9H10ClN3O2S/c1-2-11-16(14,15)9-12-7-4-3-6(10)5-8(7)13-9/h3-5,11H,2H2,1H3,(H,12,13). The van der Waals surface area contributed by atoms with E-state index in [0.29, 0.717) is 22.6 Å². The fraction of sp³-hybridized carbons (Fsp3) is 0.222. The quantitative estimate of drug-likeness (QED) is 0.877. The van der Waals surface area contributed by atoms with Gasteiger partial charge in [0, 0.05) is 11.6 Å². The van der Waals surface area contributed by atoms with Gasteiger partial charge >= 0.3 is 0 Å². The molecule has 2 aromatic rings. The number of nitrogens with one attached hydrogen (secondary N) is 2. The van der Waals surface area contributed by atoms with E-state index in [1.165, 1.54) is 0 Å². The summed E-state index contributed by atoms with van der Waals surface area (Å²) in [6.45, 7) is 2.03. The number of rotatable bonds is 3. The first-order valence-corrected chi connectivity index (χ1v) is 6.54. The first-order valence-electron chi connectivity index (χ1n) is 4.68. The van der Waals surface area contributed by atoms with Crippen LogP contribution in [0.3, 0.4) is 0 Å². The van der Waals surface area contributed by atoms with Gasteiger partial charge < -0.3 is 4.98 Å². The zero-order valence-electron chi connectivity index (χ0n) is 8.49. The third-order valence-corrected chi connectivity index (χ3v) is 3.62. The number of hydrogen-bond acceptors (Lipinski definition) is 3. The second kappa shape index (κ2) is 4.04. The summed E-state index contributed by atoms with van der Waals surface area (Å²) >= 11 is 5.78. The van der Waals surface area contributed by atoms with Crippen molar-refractivity contribution in [3.63, 3.8) is 0 Å². The fourth-order valence-electron chi connectivity index (χ4n) is 1.34. The number of aromatic nitrogens is 2. The fourth-order valence-corrected chi connectivity index (χ4v) is 2.49. The topological polar surface area (TPSA) is 74.8 Å². The highest BCUT2D eigenvalue weighted by molar-refractivity contribution is 7.89. The molecule has 0 unspecified atom stereocenters. The minimum Gasteiger partial charge on any atom is -0.328 e. The van der Waals surface area contributed by atoms with E-state index >= 15 is 0 Å². The van der Waals surface area contributed by atoms with Gasteiger partial charge in [-0.05, 0) is 18.2 Å². The molecule has 1 aromatic carbocycles. The average molecular weight is 260 g/mol. The Hall–Kier alpha value is -1.11. The zero-order chi connectivity index (χ0) is 11.8. The van der Waals surface area contributed by atoms with Crippen LogP contribution in [-0.4, -0.2) is 24.9 Å². The van der Waals surface area contributed by atoms with Gasteiger partial charge in [-0.25, -0.2) is 18.1 Å². The highest BCUT2D eigenvalue weighted by atomic mass is 35.5. The van der Waals surface area contributed by atoms with Crippen molar-refractivity contribution >= 4 is 32.7 Å². The van der Waals surface area contributed by atoms with E-state index in [4.69, 9.17) is 11.6 Å². The van der Waals surface area contributed by atoms with E-state index in [-0.39, 0.29) is 5.16 Å². The summed E-state index contributed by atoms with van der Waals surface area (Å²) in [6.07, 6.45) is 0. The molecular weight excluding hydrogens is 250 g/mol. The molecule has 1 heterocycles. The van der Waals surface area contributed by atoms with Crippen LogP contribution in [0.1, 0.15) is 6.92 Å². The van der Waals surface area contributed by atoms with Gasteiger partial charge in [0.15, 0.2) is 0 Å². The summed E-state index contributed by atoms with van der Waals surface area (Å²) in [5.74, 6) is 0. The van der Waals surface area contributed by atoms with E-state index in [2.05, 4.69) is 14.7 Å². The summed E-state index contributed by atoms with van der Waals surface area (Å²) in [4.78, 5) is 6.70. The van der Waals surface area contributed by atoms with Gasteiger partial charge in [0.1, 0.15) is 0 Å². The molecule has 0 bridgehead atoms. The molecule has 0 saturated carbocycles. The lowest BCUT2D eigenvalue weighted by atomic mass is 10.3. The monoisotopic (exact) mass is 259 g/mol. The number of halogens is 1. The van der Waals surface area contributed by atoms with E-state index in [1.54, 1.807) is 25.1 Å². The van der Waals surface area contributed by atoms with Gasteiger partial charge in [0.2, 0.25) is 5.16 Å². The molecule has 0 amide bonds. The van der Waals surface area contributed by atoms with Crippen LogP contribution in [0, 0.1) is 0 Å². The minimum atomic E-state index is -3.54. The molecule has 16 heavy (non-hydrogen) atoms. The van der Waals surface area contributed by atoms with Crippen LogP contribution in [0.15, 0.2) is 23.4 Å². The van der Waals surface area contributed by atoms with Crippen molar-refractivity contribution in [3.8, 4) is 0 Å². The molecular formula is C9H10ClN3O2S. The largest absolute Gasteiger partial charge is 0.328 e. The van der Waals surface area contributed by atoms with Crippen LogP contribution in [0.4, 0.5) is 0 Å². The van der Waals surface area contributed by atoms with Crippen LogP contribution < -0.4 is 4.72 Å². The van der Waals surface area contributed by atoms with Gasteiger partial charge in [0.05, 0.1) is 11.0 Å². The molecule has 0 aliphatic carbocycles. The van der Waals surface area contributed by atoms with Crippen molar-refractivity contribution in [3.05, 3.63) is 23.2 Å². The lowest BCUT2D eigenvalue weighted by Gasteiger charge is -1.98. The second-order valence-corrected chi connectivity index (χ2v) is 5.32. The Morgan fingerprint density at radius 3 is 2.94 bits per heavy atom. The van der Waals surface area contributed by atoms with Crippen LogP contribution in [0.2, 0.25) is 5.02 Å². The number of H-pyrrole nitrogens is 1. The summed E-state index contributed by atoms with van der Waals surface area (Å²) < 4.78 is 25.7. The Bertz CT molecular complexity index is 621. The molecule has 0 aliphatic heterocycles. The van der Waals surface area contributed by atoms with Gasteiger partial charge in [0.25, 0.3) is 10.0 Å². The first kappa shape index (κ1) is 11.4. The van der Waals surface area contributed by atoms with Crippen molar-refractivity contribution in [2.75, 3.05) is 6.54 Å². The molecule has 2 N–H and O–H groups in total. The Morgan fingerprint density at radius 1 is 1.50 bits per heavy atom. The molecule has 0 radical (unpaired) electrons. The Labute approximate surface area is 97.9 Å². The predicted octanol–water partition coefficient (Wildman–Crippen LogP) is 1.51. The van der Waals surface area contributed by atoms with Crippen molar-refractivity contribution in [2.45, 2.75) is 12.1 Å². The van der Waals surface area contributed by atoms with Crippen LogP contribution >= 0.6 is 11.6 Å². The van der Waals surface area contributed by atoms with E-state index in [1.807, 2.05) is 0 Å². The third kappa shape index (κ3) is 2.04. The van der Waals surface area contributed by atoms with E-state index < -0.39 is 10.0 Å². The van der Waals surface area contributed by atoms with Gasteiger partial charge in [-0.15, -0.1) is 0 Å². The zero-order valence-corrected chi connectivity index (χ0v) is 10.1. The maximum atomic E-state index is 11.6. The Balaban J connectivity index is 2.55. The normalized spacial score (nSPS) is 12.1. The highest BCUT2D eigenvalue weighted by Crippen LogP contribution is 2.18. The second-order valence-electron chi connectivity index (χ2n) is 3.20. The smallest absolute Gasteiger partial charge is 0.274 e. The Morgan fingerprint density at radius 2 is 2.25 bits per heavy atom. The van der Waals surface area contributed by atoms with Crippen LogP contribution in [0.5, 0.6) is 0 Å². The van der Waals surface area contributed by atoms with Gasteiger partial charge in [-0.1, -0.05) is 18.5 Å².